The summed E-state index contributed by atoms with van der Waals surface area (Å²) in [5, 5.41) is 58.8. The summed E-state index contributed by atoms with van der Waals surface area (Å²) in [6.45, 7) is 1.14. The molecule has 21 heteroatoms. The Balaban J connectivity index is 1.51. The molecular formula is C36H37F3N2O16. The number of esters is 1. The number of Topliss-reactive ketones (excluding diaryl/α,β-unsaturated/α-hetero) is 1. The zero-order valence-corrected chi connectivity index (χ0v) is 30.3. The molecule has 0 saturated carbocycles. The van der Waals surface area contributed by atoms with Crippen molar-refractivity contribution in [3.8, 4) is 17.2 Å². The van der Waals surface area contributed by atoms with Crippen LogP contribution < -0.4 is 15.4 Å². The first kappa shape index (κ1) is 42.5. The van der Waals surface area contributed by atoms with Gasteiger partial charge in [-0.1, -0.05) is 12.1 Å². The van der Waals surface area contributed by atoms with Crippen LogP contribution in [0.2, 0.25) is 0 Å². The van der Waals surface area contributed by atoms with E-state index in [0.29, 0.717) is 0 Å². The highest BCUT2D eigenvalue weighted by Gasteiger charge is 2.51. The predicted molar refractivity (Wildman–Crippen MR) is 180 cm³/mol. The summed E-state index contributed by atoms with van der Waals surface area (Å²) in [7, 11) is 1.22. The molecular weight excluding hydrogens is 773 g/mol. The number of nitrogens with one attached hydrogen (secondary N) is 2. The second-order valence-corrected chi connectivity index (χ2v) is 13.7. The molecule has 0 bridgehead atoms. The summed E-state index contributed by atoms with van der Waals surface area (Å²) in [6.07, 6.45) is -15.2. The predicted octanol–water partition coefficient (Wildman–Crippen LogP) is 0.642. The van der Waals surface area contributed by atoms with Gasteiger partial charge in [0.25, 0.3) is 0 Å². The summed E-state index contributed by atoms with van der Waals surface area (Å²) in [5.74, 6) is -10.8. The van der Waals surface area contributed by atoms with Gasteiger partial charge in [-0.05, 0) is 19.4 Å². The monoisotopic (exact) mass is 810 g/mol. The van der Waals surface area contributed by atoms with Gasteiger partial charge < -0.3 is 55.1 Å². The lowest BCUT2D eigenvalue weighted by molar-refractivity contribution is -0.250. The van der Waals surface area contributed by atoms with Gasteiger partial charge in [0.2, 0.25) is 17.5 Å². The van der Waals surface area contributed by atoms with Crippen LogP contribution in [0, 0.1) is 0 Å². The number of phenolic OH excluding ortho intramolecular Hbond substituents is 2. The molecule has 3 aliphatic rings. The van der Waals surface area contributed by atoms with E-state index in [2.05, 4.69) is 5.32 Å². The highest BCUT2D eigenvalue weighted by atomic mass is 19.4. The number of aromatic hydroxyl groups is 2. The van der Waals surface area contributed by atoms with E-state index < -0.39 is 162 Å². The number of fused-ring (bicyclic) bond motifs is 3. The summed E-state index contributed by atoms with van der Waals surface area (Å²) < 4.78 is 61.2. The van der Waals surface area contributed by atoms with E-state index in [1.165, 1.54) is 32.2 Å². The van der Waals surface area contributed by atoms with E-state index in [4.69, 9.17) is 18.9 Å². The summed E-state index contributed by atoms with van der Waals surface area (Å²) in [5.41, 5.74) is -5.47. The molecule has 5 rings (SSSR count). The third-order valence-electron chi connectivity index (χ3n) is 9.87. The average Bonchev–Trinajstić information content (AvgIpc) is 3.13. The van der Waals surface area contributed by atoms with Crippen LogP contribution in [0.25, 0.3) is 0 Å². The normalized spacial score (nSPS) is 24.6. The van der Waals surface area contributed by atoms with Gasteiger partial charge in [-0.2, -0.15) is 13.2 Å². The number of ketones is 3. The van der Waals surface area contributed by atoms with Gasteiger partial charge in [0.05, 0.1) is 42.0 Å². The Morgan fingerprint density at radius 2 is 1.72 bits per heavy atom. The molecule has 1 aliphatic heterocycles. The van der Waals surface area contributed by atoms with Crippen molar-refractivity contribution in [3.63, 3.8) is 0 Å². The summed E-state index contributed by atoms with van der Waals surface area (Å²) in [4.78, 5) is 88.3. The van der Waals surface area contributed by atoms with Crippen LogP contribution in [-0.4, -0.2) is 123 Å². The van der Waals surface area contributed by atoms with E-state index in [9.17, 15) is 72.3 Å². The fourth-order valence-corrected chi connectivity index (χ4v) is 7.08. The molecule has 0 aromatic heterocycles. The fourth-order valence-electron chi connectivity index (χ4n) is 7.08. The largest absolute Gasteiger partial charge is 0.507 e. The molecule has 1 heterocycles. The number of aliphatic hydroxyl groups is 2. The smallest absolute Gasteiger partial charge is 0.471 e. The number of hydrogen-bond acceptors (Lipinski definition) is 15. The minimum atomic E-state index is -5.34. The van der Waals surface area contributed by atoms with E-state index >= 15 is 0 Å². The Labute approximate surface area is 319 Å². The number of halogens is 3. The molecule has 0 spiro atoms. The number of carbonyl (C=O) groups is 7. The maximum absolute atomic E-state index is 13.9. The number of carbonyl (C=O) groups excluding carboxylic acids is 6. The zero-order chi connectivity index (χ0) is 42.3. The second-order valence-electron chi connectivity index (χ2n) is 13.7. The Hall–Kier alpha value is -5.64. The van der Waals surface area contributed by atoms with Crippen LogP contribution in [0.1, 0.15) is 88.6 Å². The number of hydrogen-bond donors (Lipinski definition) is 7. The van der Waals surface area contributed by atoms with Crippen molar-refractivity contribution in [1.29, 1.82) is 0 Å². The van der Waals surface area contributed by atoms with Crippen LogP contribution in [0.3, 0.4) is 0 Å². The number of ether oxygens (including phenoxy) is 4. The Bertz CT molecular complexity index is 2040. The maximum Gasteiger partial charge on any atom is 0.471 e. The molecule has 18 nitrogen and oxygen atoms in total. The van der Waals surface area contributed by atoms with Crippen LogP contribution >= 0.6 is 0 Å². The summed E-state index contributed by atoms with van der Waals surface area (Å²) >= 11 is 0. The topological polar surface area (TPSA) is 282 Å². The molecule has 1 fully saturated rings. The van der Waals surface area contributed by atoms with Crippen LogP contribution in [-0.2, 0) is 44.6 Å². The second kappa shape index (κ2) is 16.1. The molecule has 7 atom stereocenters. The molecule has 308 valence electrons. The Kier molecular flexibility index (Phi) is 12.0. The first-order chi connectivity index (χ1) is 26.6. The molecule has 5 unspecified atom stereocenters. The molecule has 2 aromatic rings. The van der Waals surface area contributed by atoms with Crippen molar-refractivity contribution >= 4 is 41.1 Å². The molecule has 2 aromatic carbocycles. The lowest BCUT2D eigenvalue weighted by Gasteiger charge is -2.43. The first-order valence-corrected chi connectivity index (χ1v) is 17.2. The lowest BCUT2D eigenvalue weighted by Crippen LogP contribution is -2.57. The molecule has 7 N–H and O–H groups in total. The first-order valence-electron chi connectivity index (χ1n) is 17.2. The van der Waals surface area contributed by atoms with Gasteiger partial charge in [0, 0.05) is 49.3 Å². The highest BCUT2D eigenvalue weighted by Crippen LogP contribution is 2.52. The van der Waals surface area contributed by atoms with Gasteiger partial charge in [0.15, 0.2) is 18.7 Å². The number of methoxy groups -OCH3 is 1. The van der Waals surface area contributed by atoms with Crippen LogP contribution in [0.4, 0.5) is 13.2 Å². The SMILES string of the molecule is COc1cccc2c1C(=O)c1c(O)c3c(c(O)c1C2=O)C[C@@](O)(C(=O)COC(=O)CCC(NC(C)=O)C(=O)O)C[C@@H]3OC1CC(NC(=O)C(F)(F)F)C(O)C(C)O1. The van der Waals surface area contributed by atoms with Gasteiger partial charge in [-0.25, -0.2) is 4.79 Å². The Morgan fingerprint density at radius 3 is 2.33 bits per heavy atom. The quantitative estimate of drug-likeness (QED) is 0.0976. The summed E-state index contributed by atoms with van der Waals surface area (Å²) in [6, 6.07) is 0.914. The Morgan fingerprint density at radius 1 is 1.05 bits per heavy atom. The minimum absolute atomic E-state index is 0.0564. The van der Waals surface area contributed by atoms with Crippen LogP contribution in [0.15, 0.2) is 18.2 Å². The zero-order valence-electron chi connectivity index (χ0n) is 30.3. The number of alkyl halides is 3. The lowest BCUT2D eigenvalue weighted by atomic mass is 9.72. The van der Waals surface area contributed by atoms with Crippen LogP contribution in [0.5, 0.6) is 17.2 Å². The third-order valence-corrected chi connectivity index (χ3v) is 9.87. The highest BCUT2D eigenvalue weighted by molar-refractivity contribution is 6.31. The van der Waals surface area contributed by atoms with Gasteiger partial charge >= 0.3 is 24.0 Å². The number of phenols is 2. The molecule has 1 saturated heterocycles. The van der Waals surface area contributed by atoms with Crippen molar-refractivity contribution in [2.24, 2.45) is 0 Å². The van der Waals surface area contributed by atoms with Crippen molar-refractivity contribution in [2.45, 2.75) is 94.4 Å². The number of benzene rings is 2. The molecule has 0 radical (unpaired) electrons. The number of aliphatic hydroxyl groups excluding tert-OH is 1. The fraction of sp³-hybridized carbons (Fsp3) is 0.472. The van der Waals surface area contributed by atoms with E-state index in [1.807, 2.05) is 0 Å². The van der Waals surface area contributed by atoms with E-state index in [0.717, 1.165) is 6.92 Å². The van der Waals surface area contributed by atoms with Crippen molar-refractivity contribution in [2.75, 3.05) is 13.7 Å². The number of rotatable bonds is 12. The van der Waals surface area contributed by atoms with Gasteiger partial charge in [0.1, 0.15) is 35.0 Å². The number of carboxylic acids is 1. The van der Waals surface area contributed by atoms with Crippen molar-refractivity contribution in [3.05, 3.63) is 51.6 Å². The standard InChI is InChI=1S/C36H37F3N2O16/c1-13-28(45)18(41-34(52)36(37,38)39)9-23(56-13)57-20-11-35(53,21(43)12-55-22(44)8-7-17(33(50)51)40-14(2)42)10-16-25(20)32(49)27-26(30(16)47)29(46)15-5-4-6-19(54-3)24(15)31(27)48/h4-6,13,17-18,20,23,28,45,47,49,53H,7-12H2,1-3H3,(H,40,42)(H,41,52)(H,50,51)/t13?,17?,18?,20-,23?,28?,35-/m0/s1. The number of aliphatic carboxylic acids is 1. The molecule has 57 heavy (non-hydrogen) atoms. The van der Waals surface area contributed by atoms with Gasteiger partial charge in [-0.3, -0.25) is 28.8 Å². The maximum atomic E-state index is 13.9. The number of amides is 2. The minimum Gasteiger partial charge on any atom is -0.507 e. The molecule has 2 amide bonds. The van der Waals surface area contributed by atoms with Gasteiger partial charge in [-0.15, -0.1) is 0 Å². The van der Waals surface area contributed by atoms with Crippen molar-refractivity contribution in [1.82, 2.24) is 10.6 Å². The number of carboxylic acid groups (broad SMARTS) is 1. The van der Waals surface area contributed by atoms with E-state index in [1.54, 1.807) is 5.32 Å². The third kappa shape index (κ3) is 8.41. The van der Waals surface area contributed by atoms with Crippen molar-refractivity contribution < 1.29 is 91.2 Å². The average molecular weight is 811 g/mol. The molecule has 2 aliphatic carbocycles. The van der Waals surface area contributed by atoms with E-state index in [-0.39, 0.29) is 16.9 Å².